The van der Waals surface area contributed by atoms with Gasteiger partial charge in [0.2, 0.25) is 0 Å². The molecule has 0 aliphatic heterocycles. The molecule has 0 bridgehead atoms. The standard InChI is InChI=1S/C12H14O5/c1-7-4-5-9(11(14)15)10(12(16)17)8(7)3-2-6-13/h4-5,13H,2-3,6H2,1H3,(H,14,15)(H,16,17). The number of hydrogen-bond acceptors (Lipinski definition) is 3. The van der Waals surface area contributed by atoms with E-state index >= 15 is 0 Å². The second-order valence-electron chi connectivity index (χ2n) is 3.72. The zero-order chi connectivity index (χ0) is 13.0. The summed E-state index contributed by atoms with van der Waals surface area (Å²) in [6.45, 7) is 1.67. The molecule has 5 heteroatoms. The maximum Gasteiger partial charge on any atom is 0.336 e. The molecular weight excluding hydrogens is 224 g/mol. The quantitative estimate of drug-likeness (QED) is 0.719. The van der Waals surface area contributed by atoms with Crippen LogP contribution in [-0.2, 0) is 6.42 Å². The average Bonchev–Trinajstić information content (AvgIpc) is 2.26. The van der Waals surface area contributed by atoms with Crippen LogP contribution in [0.5, 0.6) is 0 Å². The Labute approximate surface area is 98.3 Å². The van der Waals surface area contributed by atoms with Crippen molar-refractivity contribution in [2.24, 2.45) is 0 Å². The highest BCUT2D eigenvalue weighted by Gasteiger charge is 2.21. The predicted molar refractivity (Wildman–Crippen MR) is 60.5 cm³/mol. The summed E-state index contributed by atoms with van der Waals surface area (Å²) in [4.78, 5) is 22.1. The van der Waals surface area contributed by atoms with E-state index in [9.17, 15) is 9.59 Å². The first-order chi connectivity index (χ1) is 7.99. The SMILES string of the molecule is Cc1ccc(C(=O)O)c(C(=O)O)c1CCCO. The zero-order valence-electron chi connectivity index (χ0n) is 9.43. The molecule has 0 unspecified atom stereocenters. The topological polar surface area (TPSA) is 94.8 Å². The van der Waals surface area contributed by atoms with Gasteiger partial charge in [-0.3, -0.25) is 0 Å². The van der Waals surface area contributed by atoms with Crippen LogP contribution in [0.4, 0.5) is 0 Å². The summed E-state index contributed by atoms with van der Waals surface area (Å²) in [5, 5.41) is 26.8. The third-order valence-corrected chi connectivity index (χ3v) is 2.58. The summed E-state index contributed by atoms with van der Waals surface area (Å²) in [6, 6.07) is 2.88. The van der Waals surface area contributed by atoms with E-state index in [4.69, 9.17) is 15.3 Å². The number of aliphatic hydroxyl groups excluding tert-OH is 1. The average molecular weight is 238 g/mol. The summed E-state index contributed by atoms with van der Waals surface area (Å²) in [6.07, 6.45) is 0.759. The number of carboxylic acid groups (broad SMARTS) is 2. The van der Waals surface area contributed by atoms with E-state index in [0.717, 1.165) is 5.56 Å². The number of hydrogen-bond donors (Lipinski definition) is 3. The Kier molecular flexibility index (Phi) is 4.23. The number of carbonyl (C=O) groups is 2. The van der Waals surface area contributed by atoms with Crippen LogP contribution in [0.2, 0.25) is 0 Å². The second kappa shape index (κ2) is 5.45. The van der Waals surface area contributed by atoms with Crippen LogP contribution in [0, 0.1) is 6.92 Å². The van der Waals surface area contributed by atoms with E-state index in [2.05, 4.69) is 0 Å². The van der Waals surface area contributed by atoms with Gasteiger partial charge in [0, 0.05) is 6.61 Å². The molecule has 0 saturated heterocycles. The Bertz CT molecular complexity index is 450. The highest BCUT2D eigenvalue weighted by Crippen LogP contribution is 2.21. The maximum atomic E-state index is 11.1. The molecule has 3 N–H and O–H groups in total. The lowest BCUT2D eigenvalue weighted by Gasteiger charge is -2.11. The molecule has 1 aromatic carbocycles. The Morgan fingerprint density at radius 1 is 1.18 bits per heavy atom. The largest absolute Gasteiger partial charge is 0.478 e. The van der Waals surface area contributed by atoms with Crippen molar-refractivity contribution < 1.29 is 24.9 Å². The zero-order valence-corrected chi connectivity index (χ0v) is 9.43. The number of aliphatic hydroxyl groups is 1. The summed E-state index contributed by atoms with van der Waals surface area (Å²) < 4.78 is 0. The molecule has 1 rings (SSSR count). The van der Waals surface area contributed by atoms with Crippen molar-refractivity contribution in [1.82, 2.24) is 0 Å². The third-order valence-electron chi connectivity index (χ3n) is 2.58. The van der Waals surface area contributed by atoms with Gasteiger partial charge in [0.15, 0.2) is 0 Å². The van der Waals surface area contributed by atoms with E-state index in [1.165, 1.54) is 6.07 Å². The molecule has 17 heavy (non-hydrogen) atoms. The summed E-state index contributed by atoms with van der Waals surface area (Å²) >= 11 is 0. The van der Waals surface area contributed by atoms with Crippen LogP contribution >= 0.6 is 0 Å². The molecule has 0 fully saturated rings. The van der Waals surface area contributed by atoms with Crippen LogP contribution in [0.15, 0.2) is 12.1 Å². The van der Waals surface area contributed by atoms with E-state index in [0.29, 0.717) is 18.4 Å². The first-order valence-electron chi connectivity index (χ1n) is 5.19. The second-order valence-corrected chi connectivity index (χ2v) is 3.72. The van der Waals surface area contributed by atoms with Gasteiger partial charge in [-0.15, -0.1) is 0 Å². The summed E-state index contributed by atoms with van der Waals surface area (Å²) in [7, 11) is 0. The third kappa shape index (κ3) is 2.82. The summed E-state index contributed by atoms with van der Waals surface area (Å²) in [5.74, 6) is -2.51. The number of aromatic carboxylic acids is 2. The fourth-order valence-electron chi connectivity index (χ4n) is 1.75. The van der Waals surface area contributed by atoms with Crippen LogP contribution < -0.4 is 0 Å². The fourth-order valence-corrected chi connectivity index (χ4v) is 1.75. The molecule has 0 radical (unpaired) electrons. The van der Waals surface area contributed by atoms with Crippen molar-refractivity contribution in [2.75, 3.05) is 6.61 Å². The van der Waals surface area contributed by atoms with Crippen LogP contribution in [-0.4, -0.2) is 33.9 Å². The lowest BCUT2D eigenvalue weighted by atomic mass is 9.93. The highest BCUT2D eigenvalue weighted by atomic mass is 16.4. The van der Waals surface area contributed by atoms with Gasteiger partial charge in [-0.25, -0.2) is 9.59 Å². The smallest absolute Gasteiger partial charge is 0.336 e. The van der Waals surface area contributed by atoms with Gasteiger partial charge in [-0.2, -0.15) is 0 Å². The van der Waals surface area contributed by atoms with Crippen molar-refractivity contribution in [3.05, 3.63) is 34.4 Å². The lowest BCUT2D eigenvalue weighted by Crippen LogP contribution is -2.13. The Balaban J connectivity index is 3.37. The van der Waals surface area contributed by atoms with Crippen molar-refractivity contribution in [3.8, 4) is 0 Å². The highest BCUT2D eigenvalue weighted by molar-refractivity contribution is 6.03. The molecule has 1 aromatic rings. The number of rotatable bonds is 5. The molecule has 92 valence electrons. The molecule has 0 aliphatic carbocycles. The van der Waals surface area contributed by atoms with Crippen LogP contribution in [0.3, 0.4) is 0 Å². The summed E-state index contributed by atoms with van der Waals surface area (Å²) in [5.41, 5.74) is 0.814. The minimum absolute atomic E-state index is 0.0597. The molecule has 0 aliphatic rings. The molecular formula is C12H14O5. The first-order valence-corrected chi connectivity index (χ1v) is 5.19. The van der Waals surface area contributed by atoms with E-state index < -0.39 is 11.9 Å². The van der Waals surface area contributed by atoms with Gasteiger partial charge < -0.3 is 15.3 Å². The Morgan fingerprint density at radius 2 is 1.82 bits per heavy atom. The van der Waals surface area contributed by atoms with Gasteiger partial charge in [0.05, 0.1) is 11.1 Å². The van der Waals surface area contributed by atoms with Gasteiger partial charge >= 0.3 is 11.9 Å². The molecule has 0 amide bonds. The predicted octanol–water partition coefficient (Wildman–Crippen LogP) is 1.32. The minimum atomic E-state index is -1.26. The van der Waals surface area contributed by atoms with Crippen molar-refractivity contribution in [2.45, 2.75) is 19.8 Å². The minimum Gasteiger partial charge on any atom is -0.478 e. The Hall–Kier alpha value is -1.88. The monoisotopic (exact) mass is 238 g/mol. The lowest BCUT2D eigenvalue weighted by molar-refractivity contribution is 0.0650. The number of carboxylic acids is 2. The molecule has 0 spiro atoms. The van der Waals surface area contributed by atoms with E-state index in [-0.39, 0.29) is 17.7 Å². The maximum absolute atomic E-state index is 11.1. The fraction of sp³-hybridized carbons (Fsp3) is 0.333. The van der Waals surface area contributed by atoms with Crippen LogP contribution in [0.1, 0.15) is 38.3 Å². The molecule has 0 heterocycles. The normalized spacial score (nSPS) is 10.2. The van der Waals surface area contributed by atoms with Gasteiger partial charge in [-0.05, 0) is 37.0 Å². The van der Waals surface area contributed by atoms with Crippen molar-refractivity contribution in [3.63, 3.8) is 0 Å². The van der Waals surface area contributed by atoms with Gasteiger partial charge in [-0.1, -0.05) is 6.07 Å². The van der Waals surface area contributed by atoms with Crippen molar-refractivity contribution >= 4 is 11.9 Å². The van der Waals surface area contributed by atoms with E-state index in [1.54, 1.807) is 13.0 Å². The molecule has 5 nitrogen and oxygen atoms in total. The van der Waals surface area contributed by atoms with Crippen molar-refractivity contribution in [1.29, 1.82) is 0 Å². The Morgan fingerprint density at radius 3 is 2.29 bits per heavy atom. The molecule has 0 atom stereocenters. The van der Waals surface area contributed by atoms with Gasteiger partial charge in [0.1, 0.15) is 0 Å². The first kappa shape index (κ1) is 13.2. The number of aryl methyl sites for hydroxylation is 1. The van der Waals surface area contributed by atoms with Crippen LogP contribution in [0.25, 0.3) is 0 Å². The number of benzene rings is 1. The molecule has 0 saturated carbocycles. The van der Waals surface area contributed by atoms with Gasteiger partial charge in [0.25, 0.3) is 0 Å². The van der Waals surface area contributed by atoms with E-state index in [1.807, 2.05) is 0 Å². The molecule has 0 aromatic heterocycles.